The summed E-state index contributed by atoms with van der Waals surface area (Å²) in [5.41, 5.74) is 6.96. The Bertz CT molecular complexity index is 1070. The van der Waals surface area contributed by atoms with Crippen LogP contribution < -0.4 is 16.0 Å². The summed E-state index contributed by atoms with van der Waals surface area (Å²) in [4.78, 5) is 26.9. The Balaban J connectivity index is 1.94. The summed E-state index contributed by atoms with van der Waals surface area (Å²) in [6.07, 6.45) is 4.35. The molecule has 1 aliphatic carbocycles. The molecule has 0 aliphatic heterocycles. The van der Waals surface area contributed by atoms with Crippen LogP contribution in [0.4, 0.5) is 14.9 Å². The van der Waals surface area contributed by atoms with E-state index < -0.39 is 29.8 Å². The standard InChI is InChI=1S/C23H23ClFN5O2/c1-29(2)28-17-10-13-20(19(25)14-17)27-22(31)21(15-6-4-3-5-7-15)30(23(26)32)18-11-8-16(24)9-12-18/h3-14,20-21H,1-2H3,(H2,26,32)(H,27,31)/b28-17+. The van der Waals surface area contributed by atoms with Crippen LogP contribution in [0.15, 0.2) is 83.8 Å². The number of hydrogen-bond acceptors (Lipinski definition) is 4. The molecule has 0 spiro atoms. The first-order valence-electron chi connectivity index (χ1n) is 9.77. The van der Waals surface area contributed by atoms with E-state index in [-0.39, 0.29) is 0 Å². The van der Waals surface area contributed by atoms with E-state index in [0.29, 0.717) is 22.0 Å². The number of carbonyl (C=O) groups excluding carboxylic acids is 2. The number of carbonyl (C=O) groups is 2. The molecule has 0 saturated carbocycles. The summed E-state index contributed by atoms with van der Waals surface area (Å²) >= 11 is 5.96. The number of nitrogens with one attached hydrogen (secondary N) is 1. The minimum atomic E-state index is -1.13. The van der Waals surface area contributed by atoms with Gasteiger partial charge in [-0.25, -0.2) is 9.18 Å². The molecule has 0 radical (unpaired) electrons. The molecule has 1 aliphatic rings. The summed E-state index contributed by atoms with van der Waals surface area (Å²) in [6, 6.07) is 12.0. The quantitative estimate of drug-likeness (QED) is 0.649. The van der Waals surface area contributed by atoms with Crippen LogP contribution in [0, 0.1) is 0 Å². The Hall–Kier alpha value is -3.65. The van der Waals surface area contributed by atoms with E-state index in [1.54, 1.807) is 79.8 Å². The van der Waals surface area contributed by atoms with Crippen molar-refractivity contribution in [2.75, 3.05) is 19.0 Å². The zero-order chi connectivity index (χ0) is 23.3. The SMILES string of the molecule is CN(C)/N=C1\C=CC(NC(=O)C(c2ccccc2)N(C(N)=O)c2ccc(Cl)cc2)C(F)=C1. The number of hydrogen-bond donors (Lipinski definition) is 2. The lowest BCUT2D eigenvalue weighted by molar-refractivity contribution is -0.122. The van der Waals surface area contributed by atoms with E-state index in [1.165, 1.54) is 12.2 Å². The van der Waals surface area contributed by atoms with Gasteiger partial charge in [-0.15, -0.1) is 0 Å². The van der Waals surface area contributed by atoms with Gasteiger partial charge in [0.2, 0.25) is 5.91 Å². The number of anilines is 1. The minimum Gasteiger partial charge on any atom is -0.351 e. The first-order valence-corrected chi connectivity index (χ1v) is 10.1. The first-order chi connectivity index (χ1) is 15.3. The number of rotatable bonds is 6. The van der Waals surface area contributed by atoms with Gasteiger partial charge >= 0.3 is 6.03 Å². The van der Waals surface area contributed by atoms with Gasteiger partial charge in [0.15, 0.2) is 0 Å². The van der Waals surface area contributed by atoms with E-state index in [2.05, 4.69) is 10.4 Å². The van der Waals surface area contributed by atoms with E-state index in [0.717, 1.165) is 4.90 Å². The average molecular weight is 456 g/mol. The van der Waals surface area contributed by atoms with Crippen LogP contribution in [0.5, 0.6) is 0 Å². The summed E-state index contributed by atoms with van der Waals surface area (Å²) in [5.74, 6) is -1.18. The number of hydrazone groups is 1. The molecule has 0 aromatic heterocycles. The van der Waals surface area contributed by atoms with Crippen molar-refractivity contribution in [3.8, 4) is 0 Å². The molecule has 32 heavy (non-hydrogen) atoms. The number of benzene rings is 2. The molecule has 0 bridgehead atoms. The molecule has 2 atom stereocenters. The molecule has 0 saturated heterocycles. The third-order valence-corrected chi connectivity index (χ3v) is 4.87. The Morgan fingerprint density at radius 2 is 1.78 bits per heavy atom. The van der Waals surface area contributed by atoms with Crippen LogP contribution >= 0.6 is 11.6 Å². The van der Waals surface area contributed by atoms with E-state index >= 15 is 0 Å². The average Bonchev–Trinajstić information content (AvgIpc) is 2.74. The Morgan fingerprint density at radius 1 is 1.12 bits per heavy atom. The highest BCUT2D eigenvalue weighted by Gasteiger charge is 2.33. The number of halogens is 2. The summed E-state index contributed by atoms with van der Waals surface area (Å²) in [6.45, 7) is 0. The highest BCUT2D eigenvalue weighted by atomic mass is 35.5. The van der Waals surface area contributed by atoms with Crippen LogP contribution in [0.25, 0.3) is 0 Å². The maximum atomic E-state index is 14.7. The van der Waals surface area contributed by atoms with Crippen molar-refractivity contribution in [1.29, 1.82) is 0 Å². The molecule has 7 nitrogen and oxygen atoms in total. The van der Waals surface area contributed by atoms with Crippen molar-refractivity contribution in [2.24, 2.45) is 10.8 Å². The summed E-state index contributed by atoms with van der Waals surface area (Å²) < 4.78 is 14.7. The lowest BCUT2D eigenvalue weighted by Gasteiger charge is -2.31. The number of urea groups is 1. The minimum absolute atomic E-state index is 0.376. The van der Waals surface area contributed by atoms with Crippen molar-refractivity contribution in [3.63, 3.8) is 0 Å². The molecular formula is C23H23ClFN5O2. The van der Waals surface area contributed by atoms with Crippen LogP contribution in [0.1, 0.15) is 11.6 Å². The van der Waals surface area contributed by atoms with Crippen molar-refractivity contribution in [3.05, 3.63) is 89.2 Å². The zero-order valence-corrected chi connectivity index (χ0v) is 18.3. The first kappa shape index (κ1) is 23.0. The molecule has 3 rings (SSSR count). The largest absolute Gasteiger partial charge is 0.351 e. The number of amides is 3. The van der Waals surface area contributed by atoms with Crippen LogP contribution in [-0.4, -0.2) is 42.8 Å². The lowest BCUT2D eigenvalue weighted by atomic mass is 10.0. The number of primary amides is 1. The van der Waals surface area contributed by atoms with Crippen LogP contribution in [0.3, 0.4) is 0 Å². The molecule has 0 heterocycles. The van der Waals surface area contributed by atoms with Crippen molar-refractivity contribution in [1.82, 2.24) is 10.3 Å². The smallest absolute Gasteiger partial charge is 0.320 e. The lowest BCUT2D eigenvalue weighted by Crippen LogP contribution is -2.48. The summed E-state index contributed by atoms with van der Waals surface area (Å²) in [5, 5.41) is 8.79. The van der Waals surface area contributed by atoms with Crippen molar-refractivity contribution >= 4 is 34.9 Å². The highest BCUT2D eigenvalue weighted by molar-refractivity contribution is 6.30. The monoisotopic (exact) mass is 455 g/mol. The second-order valence-corrected chi connectivity index (χ2v) is 7.68. The number of nitrogens with two attached hydrogens (primary N) is 1. The van der Waals surface area contributed by atoms with Gasteiger partial charge in [-0.05, 0) is 42.0 Å². The molecule has 9 heteroatoms. The second kappa shape index (κ2) is 10.1. The van der Waals surface area contributed by atoms with Gasteiger partial charge in [0.1, 0.15) is 11.9 Å². The zero-order valence-electron chi connectivity index (χ0n) is 17.6. The fourth-order valence-corrected chi connectivity index (χ4v) is 3.39. The summed E-state index contributed by atoms with van der Waals surface area (Å²) in [7, 11) is 3.44. The maximum absolute atomic E-state index is 14.7. The van der Waals surface area contributed by atoms with Crippen molar-refractivity contribution < 1.29 is 14.0 Å². The normalized spacial score (nSPS) is 17.4. The van der Waals surface area contributed by atoms with Gasteiger partial charge in [0.25, 0.3) is 0 Å². The topological polar surface area (TPSA) is 91.0 Å². The van der Waals surface area contributed by atoms with Gasteiger partial charge < -0.3 is 16.1 Å². The molecule has 2 aromatic carbocycles. The van der Waals surface area contributed by atoms with E-state index in [4.69, 9.17) is 17.3 Å². The molecule has 3 N–H and O–H groups in total. The van der Waals surface area contributed by atoms with Crippen LogP contribution in [0.2, 0.25) is 5.02 Å². The molecule has 3 amide bonds. The van der Waals surface area contributed by atoms with E-state index in [9.17, 15) is 14.0 Å². The molecule has 2 aromatic rings. The maximum Gasteiger partial charge on any atom is 0.320 e. The Morgan fingerprint density at radius 3 is 2.34 bits per heavy atom. The predicted octanol–water partition coefficient (Wildman–Crippen LogP) is 3.79. The molecule has 0 fully saturated rings. The van der Waals surface area contributed by atoms with E-state index in [1.807, 2.05) is 0 Å². The molecule has 166 valence electrons. The van der Waals surface area contributed by atoms with Gasteiger partial charge in [-0.1, -0.05) is 48.0 Å². The van der Waals surface area contributed by atoms with Gasteiger partial charge in [0, 0.05) is 24.8 Å². The fraction of sp³-hybridized carbons (Fsp3) is 0.174. The fourth-order valence-electron chi connectivity index (χ4n) is 3.27. The Kier molecular flexibility index (Phi) is 7.27. The van der Waals surface area contributed by atoms with Gasteiger partial charge in [0.05, 0.1) is 11.8 Å². The van der Waals surface area contributed by atoms with Crippen molar-refractivity contribution in [2.45, 2.75) is 12.1 Å². The number of allylic oxidation sites excluding steroid dienone is 2. The third-order valence-electron chi connectivity index (χ3n) is 4.62. The Labute approximate surface area is 190 Å². The van der Waals surface area contributed by atoms with Crippen LogP contribution in [-0.2, 0) is 4.79 Å². The third kappa shape index (κ3) is 5.53. The second-order valence-electron chi connectivity index (χ2n) is 7.24. The highest BCUT2D eigenvalue weighted by Crippen LogP contribution is 2.29. The predicted molar refractivity (Wildman–Crippen MR) is 124 cm³/mol. The molecular weight excluding hydrogens is 433 g/mol. The molecule has 2 unspecified atom stereocenters. The van der Waals surface area contributed by atoms with Gasteiger partial charge in [-0.3, -0.25) is 9.69 Å². The number of nitrogens with zero attached hydrogens (tertiary/aromatic N) is 3. The van der Waals surface area contributed by atoms with Gasteiger partial charge in [-0.2, -0.15) is 5.10 Å².